The highest BCUT2D eigenvalue weighted by Gasteiger charge is 2.39. The van der Waals surface area contributed by atoms with Crippen LogP contribution in [-0.2, 0) is 17.7 Å². The van der Waals surface area contributed by atoms with Crippen molar-refractivity contribution in [1.82, 2.24) is 0 Å². The number of ether oxygens (including phenoxy) is 2. The minimum Gasteiger partial charge on any atom is -0.437 e. The maximum absolute atomic E-state index is 10.5. The average molecular weight is 729 g/mol. The number of nitrogens with two attached hydrogens (primary N) is 4. The average Bonchev–Trinajstić information content (AvgIpc) is 2.86. The van der Waals surface area contributed by atoms with E-state index in [4.69, 9.17) is 40.6 Å². The number of hydrogen-bond donors (Lipinski definition) is 8. The number of quaternary nitrogens is 2. The van der Waals surface area contributed by atoms with Gasteiger partial charge in [0.2, 0.25) is 0 Å². The monoisotopic (exact) mass is 729 g/mol. The van der Waals surface area contributed by atoms with Crippen LogP contribution in [0, 0.1) is 0 Å². The molecule has 0 aromatic carbocycles. The number of rotatable bonds is 28. The molecule has 0 aromatic heterocycles. The lowest BCUT2D eigenvalue weighted by Gasteiger charge is -2.38. The highest BCUT2D eigenvalue weighted by molar-refractivity contribution is 6.87. The Hall–Kier alpha value is -1.13. The zero-order chi connectivity index (χ0) is 36.4. The molecule has 0 bridgehead atoms. The van der Waals surface area contributed by atoms with Crippen LogP contribution in [0.3, 0.4) is 0 Å². The summed E-state index contributed by atoms with van der Waals surface area (Å²) in [4.78, 5) is 5.86. The number of aliphatic hydroxyl groups excluding tert-OH is 2. The van der Waals surface area contributed by atoms with E-state index in [9.17, 15) is 10.2 Å². The van der Waals surface area contributed by atoms with Gasteiger partial charge in [0, 0.05) is 26.1 Å². The van der Waals surface area contributed by atoms with E-state index in [0.717, 1.165) is 64.0 Å². The molecule has 0 aliphatic heterocycles. The van der Waals surface area contributed by atoms with Crippen molar-refractivity contribution in [2.75, 3.05) is 93.9 Å². The van der Waals surface area contributed by atoms with Crippen molar-refractivity contribution in [3.63, 3.8) is 0 Å². The molecule has 0 saturated carbocycles. The third-order valence-corrected chi connectivity index (χ3v) is 19.2. The molecule has 0 fully saturated rings. The van der Waals surface area contributed by atoms with Crippen molar-refractivity contribution in [3.05, 3.63) is 0 Å². The van der Waals surface area contributed by atoms with Crippen molar-refractivity contribution in [2.24, 2.45) is 22.9 Å². The molecule has 0 aliphatic carbocycles. The summed E-state index contributed by atoms with van der Waals surface area (Å²) in [6.45, 7) is 19.7. The summed E-state index contributed by atoms with van der Waals surface area (Å²) in [5.41, 5.74) is 21.8. The van der Waals surface area contributed by atoms with Crippen molar-refractivity contribution in [3.8, 4) is 0 Å². The second-order valence-corrected chi connectivity index (χ2v) is 28.4. The fourth-order valence-electron chi connectivity index (χ4n) is 6.00. The normalized spacial score (nSPS) is 14.6. The van der Waals surface area contributed by atoms with E-state index in [1.54, 1.807) is 0 Å². The molecule has 0 aliphatic rings. The predicted octanol–water partition coefficient (Wildman–Crippen LogP) is -2.69. The van der Waals surface area contributed by atoms with Gasteiger partial charge in [-0.15, -0.1) is 0 Å². The lowest BCUT2D eigenvalue weighted by Crippen LogP contribution is -2.78. The molecule has 12 N–H and O–H groups in total. The number of hydrogen-bond acceptors (Lipinski definition) is 6. The van der Waals surface area contributed by atoms with E-state index in [0.29, 0.717) is 48.5 Å². The van der Waals surface area contributed by atoms with Gasteiger partial charge in [-0.1, -0.05) is 0 Å². The van der Waals surface area contributed by atoms with E-state index in [-0.39, 0.29) is 11.9 Å². The van der Waals surface area contributed by atoms with Crippen LogP contribution >= 0.6 is 0 Å². The second-order valence-electron chi connectivity index (χ2n) is 15.9. The first-order valence-corrected chi connectivity index (χ1v) is 26.3. The van der Waals surface area contributed by atoms with Crippen LogP contribution in [0.4, 0.5) is 0 Å². The number of nitrogens with one attached hydrogen (secondary N) is 2. The molecule has 0 amide bonds. The molecule has 0 aromatic rings. The molecule has 0 rings (SSSR count). The third-order valence-electron chi connectivity index (χ3n) is 7.75. The molecule has 14 nitrogen and oxygen atoms in total. The molecular formula is C30H76N8O6Si3+4. The maximum Gasteiger partial charge on any atom is 0.338 e. The Kier molecular flexibility index (Phi) is 21.3. The summed E-state index contributed by atoms with van der Waals surface area (Å²) < 4.78 is 26.6. The Morgan fingerprint density at radius 2 is 0.957 bits per heavy atom. The topological polar surface area (TPSA) is 209 Å². The Morgan fingerprint density at radius 3 is 1.28 bits per heavy atom. The van der Waals surface area contributed by atoms with Crippen molar-refractivity contribution in [1.29, 1.82) is 0 Å². The van der Waals surface area contributed by atoms with Gasteiger partial charge < -0.3 is 36.9 Å². The van der Waals surface area contributed by atoms with Crippen LogP contribution in [0.2, 0.25) is 51.4 Å². The first kappa shape index (κ1) is 45.9. The number of likely N-dealkylation sites (N-methyl/N-ethyl adjacent to an activating group) is 2. The fraction of sp³-hybridized carbons (Fsp3) is 0.933. The Morgan fingerprint density at radius 1 is 0.617 bits per heavy atom. The zero-order valence-electron chi connectivity index (χ0n) is 31.7. The lowest BCUT2D eigenvalue weighted by molar-refractivity contribution is -0.894. The van der Waals surface area contributed by atoms with Gasteiger partial charge >= 0.3 is 20.5 Å². The SMILES string of the molecule is C[N+](C)(CCC[NH+]=C(N)N)CC(O)COCCC[Si](C)(C)O[Si](C)(C)O[Si](C)(C)CCCOCC(O)C[N+](C)(C)CCC[NH+]=C(N)N. The van der Waals surface area contributed by atoms with E-state index < -0.39 is 37.4 Å². The molecule has 2 atom stereocenters. The quantitative estimate of drug-likeness (QED) is 0.0138. The van der Waals surface area contributed by atoms with Gasteiger partial charge in [-0.2, -0.15) is 0 Å². The van der Waals surface area contributed by atoms with Gasteiger partial charge in [-0.05, 0) is 64.2 Å². The van der Waals surface area contributed by atoms with Crippen molar-refractivity contribution >= 4 is 37.1 Å². The Balaban J connectivity index is 4.35. The molecule has 2 unspecified atom stereocenters. The molecular weight excluding hydrogens is 653 g/mol. The van der Waals surface area contributed by atoms with Crippen LogP contribution < -0.4 is 32.9 Å². The van der Waals surface area contributed by atoms with Gasteiger partial charge in [0.15, 0.2) is 16.6 Å². The summed E-state index contributed by atoms with van der Waals surface area (Å²) in [6, 6.07) is 1.95. The molecule has 0 spiro atoms. The first-order chi connectivity index (χ1) is 21.4. The fourth-order valence-corrected chi connectivity index (χ4v) is 20.0. The summed E-state index contributed by atoms with van der Waals surface area (Å²) in [5.74, 6) is 0.474. The highest BCUT2D eigenvalue weighted by Crippen LogP contribution is 2.26. The van der Waals surface area contributed by atoms with Crippen molar-refractivity contribution < 1.29 is 46.9 Å². The van der Waals surface area contributed by atoms with Crippen LogP contribution in [0.15, 0.2) is 0 Å². The predicted molar refractivity (Wildman–Crippen MR) is 198 cm³/mol. The molecule has 0 heterocycles. The van der Waals surface area contributed by atoms with Crippen LogP contribution in [0.25, 0.3) is 0 Å². The van der Waals surface area contributed by atoms with Gasteiger partial charge in [-0.25, -0.2) is 0 Å². The minimum atomic E-state index is -2.32. The van der Waals surface area contributed by atoms with E-state index in [1.807, 2.05) is 0 Å². The third kappa shape index (κ3) is 27.4. The smallest absolute Gasteiger partial charge is 0.338 e. The van der Waals surface area contributed by atoms with Crippen LogP contribution in [0.1, 0.15) is 25.7 Å². The van der Waals surface area contributed by atoms with E-state index in [2.05, 4.69) is 77.5 Å². The number of aliphatic hydroxyl groups is 2. The van der Waals surface area contributed by atoms with Gasteiger partial charge in [0.05, 0.1) is 67.6 Å². The number of nitrogens with zero attached hydrogens (tertiary/aromatic N) is 2. The Labute approximate surface area is 289 Å². The van der Waals surface area contributed by atoms with Crippen molar-refractivity contribution in [2.45, 2.75) is 89.3 Å². The van der Waals surface area contributed by atoms with Crippen LogP contribution in [0.5, 0.6) is 0 Å². The second kappa shape index (κ2) is 21.8. The number of guanidine groups is 2. The van der Waals surface area contributed by atoms with E-state index in [1.165, 1.54) is 0 Å². The summed E-state index contributed by atoms with van der Waals surface area (Å²) in [7, 11) is 2.18. The van der Waals surface area contributed by atoms with Gasteiger partial charge in [-0.3, -0.25) is 32.9 Å². The standard InChI is InChI=1S/C30H74N8O6Si3/c1-37(2,17-11-15-35-29(31)32)23-27(39)25-41-19-13-21-45(5,6)43-47(9,10)44-46(7,8)22-14-20-42-26-28(40)24-38(3,4)18-12-16-36-30(33)34/h27-28,39-40H,11-26H2,1-10H3,(H4,31,32,35)(H4,33,34,36)/q+2/p+2. The maximum atomic E-state index is 10.5. The largest absolute Gasteiger partial charge is 0.437 e. The molecule has 0 radical (unpaired) electrons. The van der Waals surface area contributed by atoms with Gasteiger partial charge in [0.25, 0.3) is 0 Å². The van der Waals surface area contributed by atoms with Crippen LogP contribution in [-0.4, -0.2) is 162 Å². The van der Waals surface area contributed by atoms with Gasteiger partial charge in [0.1, 0.15) is 25.3 Å². The molecule has 17 heteroatoms. The zero-order valence-corrected chi connectivity index (χ0v) is 34.7. The summed E-state index contributed by atoms with van der Waals surface area (Å²) in [5, 5.41) is 21.0. The summed E-state index contributed by atoms with van der Waals surface area (Å²) in [6.07, 6.45) is 2.59. The summed E-state index contributed by atoms with van der Waals surface area (Å²) >= 11 is 0. The highest BCUT2D eigenvalue weighted by atomic mass is 28.5. The molecule has 0 saturated heterocycles. The minimum absolute atomic E-state index is 0.237. The Bertz CT molecular complexity index is 848. The first-order valence-electron chi connectivity index (χ1n) is 17.2. The molecule has 47 heavy (non-hydrogen) atoms. The molecule has 280 valence electrons. The lowest BCUT2D eigenvalue weighted by atomic mass is 10.2. The van der Waals surface area contributed by atoms with E-state index >= 15 is 0 Å².